The lowest BCUT2D eigenvalue weighted by Gasteiger charge is -2.24. The van der Waals surface area contributed by atoms with Crippen molar-refractivity contribution in [3.8, 4) is 5.75 Å². The number of halogens is 1. The first-order valence-electron chi connectivity index (χ1n) is 11.8. The van der Waals surface area contributed by atoms with Crippen molar-refractivity contribution in [2.24, 2.45) is 4.99 Å². The molecule has 2 aromatic carbocycles. The van der Waals surface area contributed by atoms with Crippen LogP contribution in [0.4, 0.5) is 0 Å². The van der Waals surface area contributed by atoms with Gasteiger partial charge in [-0.25, -0.2) is 9.79 Å². The van der Waals surface area contributed by atoms with E-state index in [4.69, 9.17) is 9.47 Å². The summed E-state index contributed by atoms with van der Waals surface area (Å²) in [5.41, 5.74) is 3.47. The molecule has 4 rings (SSSR count). The van der Waals surface area contributed by atoms with E-state index in [2.05, 4.69) is 34.8 Å². The molecule has 1 aromatic heterocycles. The van der Waals surface area contributed by atoms with E-state index in [0.717, 1.165) is 15.6 Å². The normalized spacial score (nSPS) is 15.8. The number of carbonyl (C=O) groups is 1. The average Bonchev–Trinajstić information content (AvgIpc) is 3.13. The van der Waals surface area contributed by atoms with Gasteiger partial charge in [-0.3, -0.25) is 9.36 Å². The SMILES string of the molecule is COC(=O)C1=C(C)N=c2s/c(=C\c3cc(Br)ccc3OC(C)C)c(=O)n2[C@H]1c1ccc(C(C)C)cc1. The lowest BCUT2D eigenvalue weighted by molar-refractivity contribution is -0.136. The highest BCUT2D eigenvalue weighted by atomic mass is 79.9. The molecule has 1 aliphatic rings. The van der Waals surface area contributed by atoms with E-state index in [1.807, 2.05) is 62.4 Å². The zero-order valence-electron chi connectivity index (χ0n) is 21.2. The van der Waals surface area contributed by atoms with Gasteiger partial charge in [-0.05, 0) is 62.1 Å². The van der Waals surface area contributed by atoms with Crippen molar-refractivity contribution in [1.82, 2.24) is 4.57 Å². The lowest BCUT2D eigenvalue weighted by Crippen LogP contribution is -2.39. The van der Waals surface area contributed by atoms with Crippen LogP contribution in [0.2, 0.25) is 0 Å². The largest absolute Gasteiger partial charge is 0.490 e. The van der Waals surface area contributed by atoms with E-state index < -0.39 is 12.0 Å². The Balaban J connectivity index is 1.94. The minimum absolute atomic E-state index is 0.0152. The average molecular weight is 570 g/mol. The molecule has 0 aliphatic carbocycles. The van der Waals surface area contributed by atoms with Crippen molar-refractivity contribution in [2.45, 2.75) is 52.7 Å². The van der Waals surface area contributed by atoms with Crippen molar-refractivity contribution in [3.63, 3.8) is 0 Å². The summed E-state index contributed by atoms with van der Waals surface area (Å²) in [6, 6.07) is 13.1. The van der Waals surface area contributed by atoms with Crippen LogP contribution in [0.5, 0.6) is 5.75 Å². The van der Waals surface area contributed by atoms with Gasteiger partial charge in [-0.2, -0.15) is 0 Å². The highest BCUT2D eigenvalue weighted by molar-refractivity contribution is 9.10. The summed E-state index contributed by atoms with van der Waals surface area (Å²) in [4.78, 5) is 31.8. The molecule has 0 saturated heterocycles. The summed E-state index contributed by atoms with van der Waals surface area (Å²) in [5.74, 6) is 0.556. The second-order valence-corrected chi connectivity index (χ2v) is 11.2. The second-order valence-electron chi connectivity index (χ2n) is 9.24. The monoisotopic (exact) mass is 568 g/mol. The van der Waals surface area contributed by atoms with Crippen molar-refractivity contribution in [1.29, 1.82) is 0 Å². The van der Waals surface area contributed by atoms with Gasteiger partial charge in [0.25, 0.3) is 5.56 Å². The quantitative estimate of drug-likeness (QED) is 0.389. The maximum Gasteiger partial charge on any atom is 0.338 e. The Morgan fingerprint density at radius 2 is 1.83 bits per heavy atom. The number of hydrogen-bond donors (Lipinski definition) is 0. The first kappa shape index (κ1) is 26.1. The predicted molar refractivity (Wildman–Crippen MR) is 146 cm³/mol. The molecule has 0 bridgehead atoms. The van der Waals surface area contributed by atoms with Crippen LogP contribution in [0, 0.1) is 0 Å². The van der Waals surface area contributed by atoms with Crippen LogP contribution in [0.3, 0.4) is 0 Å². The fourth-order valence-electron chi connectivity index (χ4n) is 4.21. The number of methoxy groups -OCH3 is 1. The molecule has 0 saturated carbocycles. The van der Waals surface area contributed by atoms with Gasteiger partial charge < -0.3 is 9.47 Å². The van der Waals surface area contributed by atoms with E-state index in [1.165, 1.54) is 24.0 Å². The summed E-state index contributed by atoms with van der Waals surface area (Å²) >= 11 is 4.81. The summed E-state index contributed by atoms with van der Waals surface area (Å²) in [6.07, 6.45) is 1.81. The number of esters is 1. The topological polar surface area (TPSA) is 69.9 Å². The molecule has 0 fully saturated rings. The molecule has 0 spiro atoms. The molecule has 1 aliphatic heterocycles. The van der Waals surface area contributed by atoms with Crippen LogP contribution in [0.15, 0.2) is 68.0 Å². The summed E-state index contributed by atoms with van der Waals surface area (Å²) in [5, 5.41) is 0. The Morgan fingerprint density at radius 1 is 1.14 bits per heavy atom. The third-order valence-electron chi connectivity index (χ3n) is 5.97. The van der Waals surface area contributed by atoms with Gasteiger partial charge in [-0.15, -0.1) is 0 Å². The van der Waals surface area contributed by atoms with Gasteiger partial charge in [0.05, 0.1) is 35.1 Å². The third kappa shape index (κ3) is 5.11. The van der Waals surface area contributed by atoms with Crippen LogP contribution in [0.1, 0.15) is 63.3 Å². The van der Waals surface area contributed by atoms with Gasteiger partial charge in [-0.1, -0.05) is 65.4 Å². The molecule has 188 valence electrons. The molecule has 0 amide bonds. The van der Waals surface area contributed by atoms with Crippen LogP contribution in [-0.4, -0.2) is 23.8 Å². The lowest BCUT2D eigenvalue weighted by atomic mass is 9.93. The number of carbonyl (C=O) groups excluding carboxylic acids is 1. The van der Waals surface area contributed by atoms with Crippen molar-refractivity contribution < 1.29 is 14.3 Å². The van der Waals surface area contributed by atoms with E-state index in [0.29, 0.717) is 32.3 Å². The highest BCUT2D eigenvalue weighted by Crippen LogP contribution is 2.31. The molecule has 0 N–H and O–H groups in total. The Hall–Kier alpha value is -2.97. The predicted octanol–water partition coefficient (Wildman–Crippen LogP) is 5.08. The first-order valence-corrected chi connectivity index (χ1v) is 13.4. The van der Waals surface area contributed by atoms with Gasteiger partial charge in [0.15, 0.2) is 4.80 Å². The van der Waals surface area contributed by atoms with Crippen LogP contribution < -0.4 is 19.6 Å². The van der Waals surface area contributed by atoms with Crippen molar-refractivity contribution >= 4 is 39.3 Å². The number of aromatic nitrogens is 1. The Kier molecular flexibility index (Phi) is 7.66. The molecule has 8 heteroatoms. The molecule has 0 unspecified atom stereocenters. The number of hydrogen-bond acceptors (Lipinski definition) is 6. The first-order chi connectivity index (χ1) is 17.1. The van der Waals surface area contributed by atoms with Crippen molar-refractivity contribution in [3.05, 3.63) is 94.6 Å². The number of nitrogens with zero attached hydrogens (tertiary/aromatic N) is 2. The maximum absolute atomic E-state index is 13.8. The van der Waals surface area contributed by atoms with Crippen molar-refractivity contribution in [2.75, 3.05) is 7.11 Å². The molecule has 6 nitrogen and oxygen atoms in total. The molecule has 36 heavy (non-hydrogen) atoms. The van der Waals surface area contributed by atoms with Gasteiger partial charge in [0.1, 0.15) is 5.75 Å². The zero-order valence-corrected chi connectivity index (χ0v) is 23.6. The minimum atomic E-state index is -0.633. The smallest absolute Gasteiger partial charge is 0.338 e. The molecule has 3 aromatic rings. The molecular formula is C28H29BrN2O4S. The van der Waals surface area contributed by atoms with E-state index in [9.17, 15) is 9.59 Å². The number of benzene rings is 2. The molecule has 2 heterocycles. The fourth-order valence-corrected chi connectivity index (χ4v) is 5.62. The Morgan fingerprint density at radius 3 is 2.44 bits per heavy atom. The van der Waals surface area contributed by atoms with E-state index in [-0.39, 0.29) is 11.7 Å². The van der Waals surface area contributed by atoms with Gasteiger partial charge in [0, 0.05) is 10.0 Å². The van der Waals surface area contributed by atoms with E-state index in [1.54, 1.807) is 11.5 Å². The third-order valence-corrected chi connectivity index (χ3v) is 7.44. The van der Waals surface area contributed by atoms with Crippen LogP contribution in [-0.2, 0) is 9.53 Å². The van der Waals surface area contributed by atoms with Crippen LogP contribution in [0.25, 0.3) is 6.08 Å². The number of ether oxygens (including phenoxy) is 2. The second kappa shape index (κ2) is 10.6. The summed E-state index contributed by atoms with van der Waals surface area (Å²) in [7, 11) is 1.34. The van der Waals surface area contributed by atoms with E-state index >= 15 is 0 Å². The molecule has 0 radical (unpaired) electrons. The zero-order chi connectivity index (χ0) is 26.1. The minimum Gasteiger partial charge on any atom is -0.490 e. The number of allylic oxidation sites excluding steroid dienone is 1. The van der Waals surface area contributed by atoms with Crippen LogP contribution >= 0.6 is 27.3 Å². The number of rotatable bonds is 6. The van der Waals surface area contributed by atoms with Gasteiger partial charge >= 0.3 is 5.97 Å². The Labute approximate surface area is 222 Å². The summed E-state index contributed by atoms with van der Waals surface area (Å²) < 4.78 is 14.0. The standard InChI is InChI=1S/C28H29BrN2O4S/c1-15(2)18-7-9-19(10-8-18)25-24(27(33)34-6)17(5)30-28-31(25)26(32)23(36-28)14-20-13-21(29)11-12-22(20)35-16(3)4/h7-16,25H,1-6H3/b23-14-/t25-/m0/s1. The number of fused-ring (bicyclic) bond motifs is 1. The summed E-state index contributed by atoms with van der Waals surface area (Å²) in [6.45, 7) is 9.95. The Bertz CT molecular complexity index is 1510. The maximum atomic E-state index is 13.8. The van der Waals surface area contributed by atoms with Gasteiger partial charge in [0.2, 0.25) is 0 Å². The molecular weight excluding hydrogens is 540 g/mol. The fraction of sp³-hybridized carbons (Fsp3) is 0.321. The molecule has 1 atom stereocenters. The number of thiazole rings is 1. The highest BCUT2D eigenvalue weighted by Gasteiger charge is 2.33.